The highest BCUT2D eigenvalue weighted by atomic mass is 16.5. The number of hydrogen-bond donors (Lipinski definition) is 1. The minimum atomic E-state index is 0.216. The highest BCUT2D eigenvalue weighted by Gasteiger charge is 2.16. The number of nitrogens with one attached hydrogen (secondary N) is 1. The Hall–Kier alpha value is -1.36. The topological polar surface area (TPSA) is 56.3 Å². The fraction of sp³-hybridized carbons (Fsp3) is 0.636. The molecular formula is C11H17N3O2. The summed E-state index contributed by atoms with van der Waals surface area (Å²) >= 11 is 0. The number of anilines is 1. The lowest BCUT2D eigenvalue weighted by Crippen LogP contribution is -2.17. The Morgan fingerprint density at radius 1 is 1.56 bits per heavy atom. The van der Waals surface area contributed by atoms with Crippen LogP contribution in [0.25, 0.3) is 0 Å². The van der Waals surface area contributed by atoms with Gasteiger partial charge in [-0.2, -0.15) is 4.98 Å². The van der Waals surface area contributed by atoms with E-state index in [1.165, 1.54) is 0 Å². The summed E-state index contributed by atoms with van der Waals surface area (Å²) in [5, 5.41) is 2.97. The van der Waals surface area contributed by atoms with Crippen molar-refractivity contribution in [2.45, 2.75) is 25.9 Å². The summed E-state index contributed by atoms with van der Waals surface area (Å²) in [5.41, 5.74) is 0. The number of ether oxygens (including phenoxy) is 2. The van der Waals surface area contributed by atoms with Crippen molar-refractivity contribution in [2.24, 2.45) is 0 Å². The molecule has 1 aliphatic rings. The lowest BCUT2D eigenvalue weighted by molar-refractivity contribution is 0.0662. The van der Waals surface area contributed by atoms with Gasteiger partial charge < -0.3 is 14.8 Å². The minimum absolute atomic E-state index is 0.216. The Morgan fingerprint density at radius 2 is 2.44 bits per heavy atom. The summed E-state index contributed by atoms with van der Waals surface area (Å²) in [7, 11) is 1.83. The summed E-state index contributed by atoms with van der Waals surface area (Å²) in [5.74, 6) is 2.08. The van der Waals surface area contributed by atoms with Gasteiger partial charge in [-0.25, -0.2) is 4.98 Å². The van der Waals surface area contributed by atoms with Gasteiger partial charge in [-0.1, -0.05) is 0 Å². The van der Waals surface area contributed by atoms with Crippen LogP contribution in [0.4, 0.5) is 5.82 Å². The van der Waals surface area contributed by atoms with E-state index in [1.54, 1.807) is 6.07 Å². The Kier molecular flexibility index (Phi) is 3.56. The van der Waals surface area contributed by atoms with Gasteiger partial charge >= 0.3 is 0 Å². The summed E-state index contributed by atoms with van der Waals surface area (Å²) in [6, 6.07) is 1.79. The zero-order valence-electron chi connectivity index (χ0n) is 9.69. The maximum atomic E-state index is 5.60. The molecule has 0 spiro atoms. The van der Waals surface area contributed by atoms with Crippen LogP contribution in [0, 0.1) is 6.92 Å². The molecule has 1 aromatic rings. The summed E-state index contributed by atoms with van der Waals surface area (Å²) in [4.78, 5) is 8.41. The largest absolute Gasteiger partial charge is 0.475 e. The number of aryl methyl sites for hydroxylation is 1. The first-order valence-corrected chi connectivity index (χ1v) is 5.56. The van der Waals surface area contributed by atoms with Gasteiger partial charge in [-0.15, -0.1) is 0 Å². The molecule has 2 heterocycles. The van der Waals surface area contributed by atoms with E-state index in [4.69, 9.17) is 9.47 Å². The van der Waals surface area contributed by atoms with Gasteiger partial charge in [0.2, 0.25) is 5.88 Å². The van der Waals surface area contributed by atoms with E-state index < -0.39 is 0 Å². The average molecular weight is 223 g/mol. The Labute approximate surface area is 95.2 Å². The molecule has 1 atom stereocenters. The van der Waals surface area contributed by atoms with E-state index in [9.17, 15) is 0 Å². The molecule has 5 heteroatoms. The highest BCUT2D eigenvalue weighted by molar-refractivity contribution is 5.37. The van der Waals surface area contributed by atoms with Crippen molar-refractivity contribution in [3.63, 3.8) is 0 Å². The van der Waals surface area contributed by atoms with Crippen LogP contribution < -0.4 is 10.1 Å². The first-order chi connectivity index (χ1) is 7.78. The van der Waals surface area contributed by atoms with Crippen LogP contribution in [0.1, 0.15) is 18.7 Å². The third-order valence-electron chi connectivity index (χ3n) is 2.51. The van der Waals surface area contributed by atoms with Crippen LogP contribution in [0.3, 0.4) is 0 Å². The Bertz CT molecular complexity index is 351. The first kappa shape index (κ1) is 11.1. The monoisotopic (exact) mass is 223 g/mol. The van der Waals surface area contributed by atoms with E-state index in [1.807, 2.05) is 14.0 Å². The molecule has 1 unspecified atom stereocenters. The van der Waals surface area contributed by atoms with Crippen molar-refractivity contribution in [1.29, 1.82) is 0 Å². The third-order valence-corrected chi connectivity index (χ3v) is 2.51. The molecule has 16 heavy (non-hydrogen) atoms. The first-order valence-electron chi connectivity index (χ1n) is 5.56. The second kappa shape index (κ2) is 5.12. The molecule has 0 amide bonds. The van der Waals surface area contributed by atoms with E-state index in [-0.39, 0.29) is 6.10 Å². The van der Waals surface area contributed by atoms with Crippen molar-refractivity contribution in [1.82, 2.24) is 9.97 Å². The van der Waals surface area contributed by atoms with E-state index >= 15 is 0 Å². The van der Waals surface area contributed by atoms with Crippen molar-refractivity contribution in [2.75, 3.05) is 25.6 Å². The maximum absolute atomic E-state index is 5.60. The molecule has 2 rings (SSSR count). The predicted molar refractivity (Wildman–Crippen MR) is 60.8 cm³/mol. The summed E-state index contributed by atoms with van der Waals surface area (Å²) in [6.07, 6.45) is 2.41. The molecule has 0 aliphatic carbocycles. The smallest absolute Gasteiger partial charge is 0.218 e. The molecule has 1 aliphatic heterocycles. The van der Waals surface area contributed by atoms with Crippen molar-refractivity contribution in [3.05, 3.63) is 11.9 Å². The van der Waals surface area contributed by atoms with Crippen LogP contribution in [0.5, 0.6) is 5.88 Å². The standard InChI is InChI=1S/C11H17N3O2/c1-8-13-10(12-2)6-11(14-8)16-7-9-4-3-5-15-9/h6,9H,3-5,7H2,1-2H3,(H,12,13,14). The fourth-order valence-electron chi connectivity index (χ4n) is 1.70. The third kappa shape index (κ3) is 2.82. The quantitative estimate of drug-likeness (QED) is 0.835. The fourth-order valence-corrected chi connectivity index (χ4v) is 1.70. The number of hydrogen-bond acceptors (Lipinski definition) is 5. The van der Waals surface area contributed by atoms with Crippen molar-refractivity contribution in [3.8, 4) is 5.88 Å². The molecule has 0 aromatic carbocycles. The van der Waals surface area contributed by atoms with Crippen LogP contribution >= 0.6 is 0 Å². The SMILES string of the molecule is CNc1cc(OCC2CCCO2)nc(C)n1. The predicted octanol–water partition coefficient (Wildman–Crippen LogP) is 1.38. The Balaban J connectivity index is 1.94. The zero-order chi connectivity index (χ0) is 11.4. The van der Waals surface area contributed by atoms with E-state index in [0.29, 0.717) is 18.3 Å². The van der Waals surface area contributed by atoms with Gasteiger partial charge in [0.15, 0.2) is 0 Å². The van der Waals surface area contributed by atoms with Gasteiger partial charge in [0, 0.05) is 19.7 Å². The van der Waals surface area contributed by atoms with Gasteiger partial charge in [0.25, 0.3) is 0 Å². The molecule has 5 nitrogen and oxygen atoms in total. The molecular weight excluding hydrogens is 206 g/mol. The van der Waals surface area contributed by atoms with Gasteiger partial charge in [-0.05, 0) is 19.8 Å². The highest BCUT2D eigenvalue weighted by Crippen LogP contribution is 2.16. The number of aromatic nitrogens is 2. The lowest BCUT2D eigenvalue weighted by atomic mass is 10.2. The normalized spacial score (nSPS) is 19.8. The number of nitrogens with zero attached hydrogens (tertiary/aromatic N) is 2. The molecule has 0 saturated carbocycles. The van der Waals surface area contributed by atoms with Crippen LogP contribution in [0.2, 0.25) is 0 Å². The van der Waals surface area contributed by atoms with Gasteiger partial charge in [0.1, 0.15) is 18.2 Å². The number of rotatable bonds is 4. The molecule has 0 radical (unpaired) electrons. The minimum Gasteiger partial charge on any atom is -0.475 e. The lowest BCUT2D eigenvalue weighted by Gasteiger charge is -2.11. The molecule has 0 bridgehead atoms. The van der Waals surface area contributed by atoms with Crippen LogP contribution in [0.15, 0.2) is 6.07 Å². The summed E-state index contributed by atoms with van der Waals surface area (Å²) in [6.45, 7) is 3.26. The molecule has 1 fully saturated rings. The second-order valence-electron chi connectivity index (χ2n) is 3.83. The molecule has 88 valence electrons. The van der Waals surface area contributed by atoms with Crippen molar-refractivity contribution >= 4 is 5.82 Å². The maximum Gasteiger partial charge on any atom is 0.218 e. The van der Waals surface area contributed by atoms with E-state index in [2.05, 4.69) is 15.3 Å². The van der Waals surface area contributed by atoms with Gasteiger partial charge in [0.05, 0.1) is 6.10 Å². The average Bonchev–Trinajstić information content (AvgIpc) is 2.78. The zero-order valence-corrected chi connectivity index (χ0v) is 9.69. The van der Waals surface area contributed by atoms with Gasteiger partial charge in [-0.3, -0.25) is 0 Å². The molecule has 1 N–H and O–H groups in total. The molecule has 1 aromatic heterocycles. The second-order valence-corrected chi connectivity index (χ2v) is 3.83. The van der Waals surface area contributed by atoms with Crippen LogP contribution in [-0.4, -0.2) is 36.3 Å². The summed E-state index contributed by atoms with van der Waals surface area (Å²) < 4.78 is 11.1. The Morgan fingerprint density at radius 3 is 3.12 bits per heavy atom. The van der Waals surface area contributed by atoms with Crippen LogP contribution in [-0.2, 0) is 4.74 Å². The van der Waals surface area contributed by atoms with E-state index in [0.717, 1.165) is 25.3 Å². The van der Waals surface area contributed by atoms with Crippen molar-refractivity contribution < 1.29 is 9.47 Å². The molecule has 1 saturated heterocycles.